The molecule has 0 radical (unpaired) electrons. The van der Waals surface area contributed by atoms with Crippen LogP contribution in [-0.4, -0.2) is 66.0 Å². The first-order valence-corrected chi connectivity index (χ1v) is 12.7. The lowest BCUT2D eigenvalue weighted by Gasteiger charge is -2.42. The van der Waals surface area contributed by atoms with Gasteiger partial charge in [0.15, 0.2) is 8.32 Å². The van der Waals surface area contributed by atoms with Gasteiger partial charge in [-0.15, -0.1) is 0 Å². The summed E-state index contributed by atoms with van der Waals surface area (Å²) in [5.41, 5.74) is 0.486. The predicted octanol–water partition coefficient (Wildman–Crippen LogP) is 5.09. The summed E-state index contributed by atoms with van der Waals surface area (Å²) in [6.07, 6.45) is 6.64. The summed E-state index contributed by atoms with van der Waals surface area (Å²) in [5.74, 6) is 0. The van der Waals surface area contributed by atoms with Crippen LogP contribution in [0, 0.1) is 5.41 Å². The van der Waals surface area contributed by atoms with Crippen LogP contribution in [-0.2, 0) is 4.43 Å². The second-order valence-corrected chi connectivity index (χ2v) is 12.6. The van der Waals surface area contributed by atoms with E-state index < -0.39 is 8.32 Å². The lowest BCUT2D eigenvalue weighted by Crippen LogP contribution is -2.43. The van der Waals surface area contributed by atoms with Crippen molar-refractivity contribution >= 4 is 8.32 Å². The summed E-state index contributed by atoms with van der Waals surface area (Å²) in [6, 6.07) is 3.89. The van der Waals surface area contributed by atoms with Crippen LogP contribution >= 0.6 is 0 Å². The van der Waals surface area contributed by atoms with Gasteiger partial charge in [0.2, 0.25) is 0 Å². The van der Waals surface area contributed by atoms with E-state index >= 15 is 0 Å². The molecular weight excluding hydrogens is 312 g/mol. The van der Waals surface area contributed by atoms with E-state index in [2.05, 4.69) is 65.7 Å². The highest BCUT2D eigenvalue weighted by Crippen LogP contribution is 2.44. The Morgan fingerprint density at radius 3 is 1.54 bits per heavy atom. The fourth-order valence-corrected chi connectivity index (χ4v) is 8.16. The van der Waals surface area contributed by atoms with Gasteiger partial charge in [-0.3, -0.25) is 0 Å². The molecule has 0 saturated heterocycles. The van der Waals surface area contributed by atoms with Gasteiger partial charge >= 0.3 is 0 Å². The smallest absolute Gasteiger partial charge is 0.192 e. The molecule has 0 aromatic rings. The molecule has 0 aromatic heterocycles. The van der Waals surface area contributed by atoms with Gasteiger partial charge in [-0.2, -0.15) is 0 Å². The number of nitrogens with zero attached hydrogens (tertiary/aromatic N) is 2. The van der Waals surface area contributed by atoms with E-state index in [1.165, 1.54) is 63.3 Å². The highest BCUT2D eigenvalue weighted by Gasteiger charge is 2.40. The first kappa shape index (κ1) is 24.1. The molecule has 0 unspecified atom stereocenters. The van der Waals surface area contributed by atoms with Gasteiger partial charge in [-0.1, -0.05) is 27.2 Å². The van der Waals surface area contributed by atoms with Gasteiger partial charge in [0.25, 0.3) is 0 Å². The Morgan fingerprint density at radius 2 is 1.25 bits per heavy atom. The third-order valence-electron chi connectivity index (χ3n) is 5.81. The monoisotopic (exact) mass is 358 g/mol. The van der Waals surface area contributed by atoms with E-state index in [1.807, 2.05) is 0 Å². The molecular formula is C20H46N2OSi. The molecule has 0 aliphatic carbocycles. The Hall–Kier alpha value is 0.0969. The zero-order valence-electron chi connectivity index (χ0n) is 18.1. The maximum absolute atomic E-state index is 6.46. The van der Waals surface area contributed by atoms with Crippen molar-refractivity contribution in [3.05, 3.63) is 0 Å². The maximum Gasteiger partial charge on any atom is 0.192 e. The Morgan fingerprint density at radius 1 is 0.792 bits per heavy atom. The van der Waals surface area contributed by atoms with Crippen LogP contribution in [0.25, 0.3) is 0 Å². The molecule has 0 amide bonds. The minimum atomic E-state index is -1.58. The second kappa shape index (κ2) is 12.5. The molecule has 0 fully saturated rings. The third kappa shape index (κ3) is 8.98. The van der Waals surface area contributed by atoms with Crippen molar-refractivity contribution in [2.45, 2.75) is 77.9 Å². The number of rotatable bonds is 15. The van der Waals surface area contributed by atoms with E-state index in [9.17, 15) is 0 Å². The highest BCUT2D eigenvalue weighted by molar-refractivity contribution is 6.73. The summed E-state index contributed by atoms with van der Waals surface area (Å²) < 4.78 is 6.46. The first-order valence-electron chi connectivity index (χ1n) is 10.2. The molecule has 3 nitrogen and oxygen atoms in total. The largest absolute Gasteiger partial charge is 0.417 e. The summed E-state index contributed by atoms with van der Waals surface area (Å²) in [4.78, 5) is 4.65. The molecule has 0 rings (SSSR count). The zero-order chi connectivity index (χ0) is 18.6. The Balaban J connectivity index is 5.14. The van der Waals surface area contributed by atoms with E-state index in [-0.39, 0.29) is 0 Å². The molecule has 0 heterocycles. The van der Waals surface area contributed by atoms with Crippen molar-refractivity contribution in [2.24, 2.45) is 5.41 Å². The topological polar surface area (TPSA) is 15.7 Å². The quantitative estimate of drug-likeness (QED) is 0.379. The fraction of sp³-hybridized carbons (Fsp3) is 1.00. The molecule has 146 valence electrons. The molecule has 0 spiro atoms. The predicted molar refractivity (Wildman–Crippen MR) is 111 cm³/mol. The summed E-state index contributed by atoms with van der Waals surface area (Å²) in [5, 5.41) is 0. The van der Waals surface area contributed by atoms with Crippen molar-refractivity contribution in [1.29, 1.82) is 0 Å². The molecule has 0 aromatic carbocycles. The van der Waals surface area contributed by atoms with E-state index in [0.717, 1.165) is 6.61 Å². The summed E-state index contributed by atoms with van der Waals surface area (Å²) in [6.45, 7) is 12.6. The maximum atomic E-state index is 6.46. The van der Waals surface area contributed by atoms with Crippen LogP contribution in [0.2, 0.25) is 18.1 Å². The molecule has 0 saturated carbocycles. The van der Waals surface area contributed by atoms with Crippen LogP contribution < -0.4 is 0 Å². The molecule has 0 aliphatic rings. The van der Waals surface area contributed by atoms with Crippen LogP contribution in [0.3, 0.4) is 0 Å². The van der Waals surface area contributed by atoms with E-state index in [1.54, 1.807) is 0 Å². The average Bonchev–Trinajstić information content (AvgIpc) is 2.53. The highest BCUT2D eigenvalue weighted by atomic mass is 28.4. The van der Waals surface area contributed by atoms with E-state index in [0.29, 0.717) is 5.41 Å². The number of hydrogen-bond acceptors (Lipinski definition) is 3. The number of hydrogen-bond donors (Lipinski definition) is 0. The van der Waals surface area contributed by atoms with Gasteiger partial charge < -0.3 is 14.2 Å². The zero-order valence-corrected chi connectivity index (χ0v) is 19.1. The van der Waals surface area contributed by atoms with Crippen LogP contribution in [0.4, 0.5) is 0 Å². The fourth-order valence-electron chi connectivity index (χ4n) is 4.07. The Kier molecular flexibility index (Phi) is 12.5. The van der Waals surface area contributed by atoms with Crippen molar-refractivity contribution in [3.63, 3.8) is 0 Å². The van der Waals surface area contributed by atoms with Gasteiger partial charge in [-0.25, -0.2) is 0 Å². The van der Waals surface area contributed by atoms with Crippen molar-refractivity contribution in [3.8, 4) is 0 Å². The van der Waals surface area contributed by atoms with E-state index in [4.69, 9.17) is 4.43 Å². The molecule has 0 bridgehead atoms. The molecule has 4 heteroatoms. The second-order valence-electron chi connectivity index (χ2n) is 8.17. The molecule has 0 aliphatic heterocycles. The lowest BCUT2D eigenvalue weighted by atomic mass is 9.78. The standard InChI is InChI=1S/C20H46N2OSi/c1-9-20(15-13-17-21(5)6,16-14-18-22(7)8)19-24(11-3,12-4)23-10-2/h9-19H2,1-8H3. The minimum absolute atomic E-state index is 0.486. The SMILES string of the molecule is CCO[Si](CC)(CC)CC(CC)(CCCN(C)C)CCCN(C)C. The van der Waals surface area contributed by atoms with Crippen LogP contribution in [0.5, 0.6) is 0 Å². The Labute approximate surface area is 154 Å². The average molecular weight is 359 g/mol. The van der Waals surface area contributed by atoms with Crippen LogP contribution in [0.1, 0.15) is 59.8 Å². The first-order chi connectivity index (χ1) is 11.3. The van der Waals surface area contributed by atoms with Crippen LogP contribution in [0.15, 0.2) is 0 Å². The lowest BCUT2D eigenvalue weighted by molar-refractivity contribution is 0.204. The van der Waals surface area contributed by atoms with Gasteiger partial charge in [0, 0.05) is 6.61 Å². The van der Waals surface area contributed by atoms with Crippen molar-refractivity contribution in [2.75, 3.05) is 47.9 Å². The van der Waals surface area contributed by atoms with Crippen molar-refractivity contribution < 1.29 is 4.43 Å². The van der Waals surface area contributed by atoms with Gasteiger partial charge in [-0.05, 0) is 97.4 Å². The summed E-state index contributed by atoms with van der Waals surface area (Å²) >= 11 is 0. The minimum Gasteiger partial charge on any atom is -0.417 e. The normalized spacial score (nSPS) is 13.2. The molecule has 0 atom stereocenters. The van der Waals surface area contributed by atoms with Gasteiger partial charge in [0.05, 0.1) is 0 Å². The van der Waals surface area contributed by atoms with Crippen molar-refractivity contribution in [1.82, 2.24) is 9.80 Å². The molecule has 24 heavy (non-hydrogen) atoms. The van der Waals surface area contributed by atoms with Gasteiger partial charge in [0.1, 0.15) is 0 Å². The molecule has 0 N–H and O–H groups in total. The third-order valence-corrected chi connectivity index (χ3v) is 10.7. The summed E-state index contributed by atoms with van der Waals surface area (Å²) in [7, 11) is 7.18. The Bertz CT molecular complexity index is 290.